The van der Waals surface area contributed by atoms with Crippen molar-refractivity contribution in [3.05, 3.63) is 24.4 Å². The van der Waals surface area contributed by atoms with Crippen molar-refractivity contribution in [2.45, 2.75) is 36.6 Å². The van der Waals surface area contributed by atoms with Gasteiger partial charge in [0.05, 0.1) is 0 Å². The van der Waals surface area contributed by atoms with Crippen LogP contribution in [-0.4, -0.2) is 26.0 Å². The van der Waals surface area contributed by atoms with E-state index in [1.165, 1.54) is 6.07 Å². The molecule has 0 fully saturated rings. The molecule has 0 amide bonds. The van der Waals surface area contributed by atoms with Crippen LogP contribution in [0.25, 0.3) is 0 Å². The summed E-state index contributed by atoms with van der Waals surface area (Å²) in [5, 5.41) is 1.64. The van der Waals surface area contributed by atoms with E-state index < -0.39 is 27.6 Å². The van der Waals surface area contributed by atoms with Gasteiger partial charge in [0.25, 0.3) is 10.0 Å². The predicted octanol–water partition coefficient (Wildman–Crippen LogP) is 1.57. The van der Waals surface area contributed by atoms with Crippen molar-refractivity contribution in [3.63, 3.8) is 0 Å². The lowest BCUT2D eigenvalue weighted by Gasteiger charge is -2.22. The molecule has 0 aliphatic rings. The van der Waals surface area contributed by atoms with Crippen molar-refractivity contribution in [2.24, 2.45) is 0 Å². The third-order valence-corrected chi connectivity index (χ3v) is 4.62. The molecule has 0 aromatic carbocycles. The Hall–Kier alpha value is -0.920. The Morgan fingerprint density at radius 2 is 2.11 bits per heavy atom. The number of rotatable bonds is 4. The maximum Gasteiger partial charge on any atom is 0.324 e. The van der Waals surface area contributed by atoms with Gasteiger partial charge >= 0.3 is 5.97 Å². The van der Waals surface area contributed by atoms with E-state index in [2.05, 4.69) is 11.6 Å². The van der Waals surface area contributed by atoms with Gasteiger partial charge in [0, 0.05) is 0 Å². The second kappa shape index (κ2) is 5.38. The standard InChI is InChI=1S/C11H16NO4S2/c1-8(10(13)16-11(2,3)4)12-18(14,15)9-6-5-7-17-9/h5-8,12H,1H2,2-4H3/t8-/m1/s1. The van der Waals surface area contributed by atoms with E-state index in [1.54, 1.807) is 32.2 Å². The van der Waals surface area contributed by atoms with Crippen molar-refractivity contribution >= 4 is 27.3 Å². The number of hydrogen-bond donors (Lipinski definition) is 1. The smallest absolute Gasteiger partial charge is 0.324 e. The number of esters is 1. The largest absolute Gasteiger partial charge is 0.459 e. The third kappa shape index (κ3) is 4.40. The van der Waals surface area contributed by atoms with E-state index in [4.69, 9.17) is 4.74 Å². The average Bonchev–Trinajstić information content (AvgIpc) is 2.66. The Morgan fingerprint density at radius 3 is 2.56 bits per heavy atom. The van der Waals surface area contributed by atoms with Crippen LogP contribution in [0.2, 0.25) is 0 Å². The maximum atomic E-state index is 11.8. The normalized spacial score (nSPS) is 14.2. The van der Waals surface area contributed by atoms with Crippen LogP contribution < -0.4 is 4.72 Å². The minimum Gasteiger partial charge on any atom is -0.459 e. The molecule has 1 atom stereocenters. The van der Waals surface area contributed by atoms with E-state index in [9.17, 15) is 13.2 Å². The third-order valence-electron chi connectivity index (χ3n) is 1.75. The van der Waals surface area contributed by atoms with Gasteiger partial charge in [-0.1, -0.05) is 6.07 Å². The van der Waals surface area contributed by atoms with Crippen LogP contribution in [0, 0.1) is 6.92 Å². The molecule has 1 radical (unpaired) electrons. The molecule has 1 aromatic heterocycles. The zero-order valence-electron chi connectivity index (χ0n) is 10.5. The number of sulfonamides is 1. The summed E-state index contributed by atoms with van der Waals surface area (Å²) in [4.78, 5) is 11.6. The average molecular weight is 290 g/mol. The highest BCUT2D eigenvalue weighted by molar-refractivity contribution is 7.91. The number of carbonyl (C=O) groups is 1. The molecule has 0 saturated carbocycles. The molecule has 1 rings (SSSR count). The van der Waals surface area contributed by atoms with Gasteiger partial charge in [-0.05, 0) is 39.1 Å². The maximum absolute atomic E-state index is 11.8. The second-order valence-corrected chi connectivity index (χ2v) is 7.53. The van der Waals surface area contributed by atoms with Gasteiger partial charge in [-0.2, -0.15) is 4.72 Å². The molecule has 0 aliphatic heterocycles. The molecule has 1 N–H and O–H groups in total. The number of carbonyl (C=O) groups excluding carboxylic acids is 1. The number of nitrogens with one attached hydrogen (secondary N) is 1. The van der Waals surface area contributed by atoms with E-state index >= 15 is 0 Å². The van der Waals surface area contributed by atoms with Crippen molar-refractivity contribution in [1.82, 2.24) is 4.72 Å². The summed E-state index contributed by atoms with van der Waals surface area (Å²) >= 11 is 1.07. The molecule has 0 unspecified atom stereocenters. The van der Waals surface area contributed by atoms with Gasteiger partial charge in [-0.25, -0.2) is 8.42 Å². The summed E-state index contributed by atoms with van der Waals surface area (Å²) in [5.41, 5.74) is -0.679. The van der Waals surface area contributed by atoms with Crippen LogP contribution in [0.5, 0.6) is 0 Å². The highest BCUT2D eigenvalue weighted by Crippen LogP contribution is 2.16. The van der Waals surface area contributed by atoms with Gasteiger partial charge in [-0.3, -0.25) is 4.79 Å². The van der Waals surface area contributed by atoms with Crippen molar-refractivity contribution in [3.8, 4) is 0 Å². The molecular weight excluding hydrogens is 274 g/mol. The summed E-state index contributed by atoms with van der Waals surface area (Å²) in [6.07, 6.45) is 0. The highest BCUT2D eigenvalue weighted by atomic mass is 32.2. The second-order valence-electron chi connectivity index (χ2n) is 4.64. The molecular formula is C11H16NO4S2. The van der Waals surface area contributed by atoms with Crippen LogP contribution in [0.1, 0.15) is 20.8 Å². The number of hydrogen-bond acceptors (Lipinski definition) is 5. The Morgan fingerprint density at radius 1 is 1.50 bits per heavy atom. The van der Waals surface area contributed by atoms with Crippen molar-refractivity contribution in [1.29, 1.82) is 0 Å². The predicted molar refractivity (Wildman–Crippen MR) is 69.6 cm³/mol. The molecule has 0 spiro atoms. The van der Waals surface area contributed by atoms with Crippen molar-refractivity contribution < 1.29 is 17.9 Å². The molecule has 0 aliphatic carbocycles. The Bertz CT molecular complexity index is 500. The molecule has 101 valence electrons. The number of ether oxygens (including phenoxy) is 1. The Balaban J connectivity index is 2.71. The Labute approximate surface area is 111 Å². The SMILES string of the molecule is [CH2][C@@H](NS(=O)(=O)c1cccs1)C(=O)OC(C)(C)C. The lowest BCUT2D eigenvalue weighted by molar-refractivity contribution is -0.155. The summed E-state index contributed by atoms with van der Waals surface area (Å²) in [6, 6.07) is 1.90. The van der Waals surface area contributed by atoms with Crippen LogP contribution in [0.4, 0.5) is 0 Å². The highest BCUT2D eigenvalue weighted by Gasteiger charge is 2.26. The van der Waals surface area contributed by atoms with Gasteiger partial charge in [0.1, 0.15) is 15.9 Å². The minimum atomic E-state index is -3.71. The molecule has 0 saturated heterocycles. The monoisotopic (exact) mass is 290 g/mol. The topological polar surface area (TPSA) is 72.5 Å². The summed E-state index contributed by atoms with van der Waals surface area (Å²) in [6.45, 7) is 8.56. The lowest BCUT2D eigenvalue weighted by atomic mass is 10.2. The first-order valence-corrected chi connectivity index (χ1v) is 7.60. The molecule has 18 heavy (non-hydrogen) atoms. The van der Waals surface area contributed by atoms with Gasteiger partial charge in [0.15, 0.2) is 0 Å². The Kier molecular flexibility index (Phi) is 4.52. The molecule has 5 nitrogen and oxygen atoms in total. The van der Waals surface area contributed by atoms with Crippen molar-refractivity contribution in [2.75, 3.05) is 0 Å². The van der Waals surface area contributed by atoms with Gasteiger partial charge in [0.2, 0.25) is 0 Å². The van der Waals surface area contributed by atoms with E-state index in [0.717, 1.165) is 11.3 Å². The van der Waals surface area contributed by atoms with Crippen LogP contribution in [-0.2, 0) is 19.6 Å². The summed E-state index contributed by atoms with van der Waals surface area (Å²) < 4.78 is 31.0. The fraction of sp³-hybridized carbons (Fsp3) is 0.455. The summed E-state index contributed by atoms with van der Waals surface area (Å²) in [5.74, 6) is -0.706. The molecule has 1 aromatic rings. The van der Waals surface area contributed by atoms with Gasteiger partial charge < -0.3 is 4.74 Å². The first-order chi connectivity index (χ1) is 8.12. The minimum absolute atomic E-state index is 0.139. The lowest BCUT2D eigenvalue weighted by Crippen LogP contribution is -2.42. The van der Waals surface area contributed by atoms with Gasteiger partial charge in [-0.15, -0.1) is 11.3 Å². The van der Waals surface area contributed by atoms with E-state index in [1.807, 2.05) is 0 Å². The first kappa shape index (κ1) is 15.1. The fourth-order valence-corrected chi connectivity index (χ4v) is 3.19. The fourth-order valence-electron chi connectivity index (χ4n) is 1.08. The van der Waals surface area contributed by atoms with Crippen LogP contribution in [0.3, 0.4) is 0 Å². The molecule has 7 heteroatoms. The first-order valence-electron chi connectivity index (χ1n) is 5.23. The number of thiophene rings is 1. The molecule has 1 heterocycles. The van der Waals surface area contributed by atoms with Crippen LogP contribution in [0.15, 0.2) is 21.7 Å². The zero-order chi connectivity index (χ0) is 14.0. The molecule has 0 bridgehead atoms. The zero-order valence-corrected chi connectivity index (χ0v) is 12.1. The van der Waals surface area contributed by atoms with E-state index in [-0.39, 0.29) is 4.21 Å². The van der Waals surface area contributed by atoms with Crippen LogP contribution >= 0.6 is 11.3 Å². The quantitative estimate of drug-likeness (QED) is 0.854. The summed E-state index contributed by atoms with van der Waals surface area (Å²) in [7, 11) is -3.71. The van der Waals surface area contributed by atoms with E-state index in [0.29, 0.717) is 0 Å².